The monoisotopic (exact) mass is 233 g/mol. The van der Waals surface area contributed by atoms with Crippen molar-refractivity contribution >= 4 is 17.6 Å². The Morgan fingerprint density at radius 3 is 2.69 bits per heavy atom. The van der Waals surface area contributed by atoms with Crippen LogP contribution in [0, 0.1) is 19.8 Å². The SMILES string of the molecule is Cc1csc(C2CC=NC=C2C(C)C)c1C. The zero-order valence-electron chi connectivity index (χ0n) is 10.4. The Hall–Kier alpha value is -0.890. The molecular weight excluding hydrogens is 214 g/mol. The summed E-state index contributed by atoms with van der Waals surface area (Å²) in [5.41, 5.74) is 4.37. The number of aryl methyl sites for hydroxylation is 1. The van der Waals surface area contributed by atoms with E-state index in [4.69, 9.17) is 0 Å². The number of hydrogen-bond acceptors (Lipinski definition) is 2. The van der Waals surface area contributed by atoms with Crippen LogP contribution in [-0.2, 0) is 0 Å². The highest BCUT2D eigenvalue weighted by Gasteiger charge is 2.23. The molecule has 0 saturated heterocycles. The lowest BCUT2D eigenvalue weighted by Crippen LogP contribution is -2.11. The van der Waals surface area contributed by atoms with E-state index in [9.17, 15) is 0 Å². The first-order chi connectivity index (χ1) is 7.61. The summed E-state index contributed by atoms with van der Waals surface area (Å²) >= 11 is 1.90. The largest absolute Gasteiger partial charge is 0.269 e. The smallest absolute Gasteiger partial charge is 0.0265 e. The molecule has 2 heteroatoms. The Bertz CT molecular complexity index is 438. The van der Waals surface area contributed by atoms with Crippen LogP contribution in [0.5, 0.6) is 0 Å². The van der Waals surface area contributed by atoms with Crippen molar-refractivity contribution in [2.24, 2.45) is 10.9 Å². The number of aliphatic imine (C=N–C) groups is 1. The number of nitrogens with zero attached hydrogens (tertiary/aromatic N) is 1. The van der Waals surface area contributed by atoms with Gasteiger partial charge >= 0.3 is 0 Å². The first-order valence-corrected chi connectivity index (χ1v) is 6.75. The Morgan fingerprint density at radius 1 is 1.38 bits per heavy atom. The molecule has 0 aliphatic carbocycles. The normalized spacial score (nSPS) is 20.3. The molecule has 0 aromatic carbocycles. The summed E-state index contributed by atoms with van der Waals surface area (Å²) in [4.78, 5) is 5.84. The molecule has 1 aliphatic heterocycles. The minimum atomic E-state index is 0.566. The van der Waals surface area contributed by atoms with Gasteiger partial charge in [0.05, 0.1) is 0 Å². The van der Waals surface area contributed by atoms with Crippen molar-refractivity contribution in [2.75, 3.05) is 0 Å². The molecule has 0 spiro atoms. The van der Waals surface area contributed by atoms with Gasteiger partial charge in [-0.1, -0.05) is 13.8 Å². The van der Waals surface area contributed by atoms with Crippen LogP contribution < -0.4 is 0 Å². The van der Waals surface area contributed by atoms with E-state index in [1.807, 2.05) is 17.6 Å². The van der Waals surface area contributed by atoms with Gasteiger partial charge in [0, 0.05) is 23.2 Å². The van der Waals surface area contributed by atoms with Crippen LogP contribution >= 0.6 is 11.3 Å². The Labute approximate surface area is 102 Å². The first-order valence-electron chi connectivity index (χ1n) is 5.87. The summed E-state index contributed by atoms with van der Waals surface area (Å²) in [5.74, 6) is 1.15. The van der Waals surface area contributed by atoms with E-state index in [2.05, 4.69) is 44.3 Å². The fraction of sp³-hybridized carbons (Fsp3) is 0.500. The van der Waals surface area contributed by atoms with Crippen molar-refractivity contribution in [1.82, 2.24) is 0 Å². The second-order valence-corrected chi connectivity index (χ2v) is 5.72. The Kier molecular flexibility index (Phi) is 3.29. The number of allylic oxidation sites excluding steroid dienone is 1. The Balaban J connectivity index is 2.37. The molecule has 0 bridgehead atoms. The molecule has 2 rings (SSSR count). The highest BCUT2D eigenvalue weighted by molar-refractivity contribution is 7.10. The average molecular weight is 233 g/mol. The average Bonchev–Trinajstić information content (AvgIpc) is 2.60. The quantitative estimate of drug-likeness (QED) is 0.715. The molecule has 0 saturated carbocycles. The summed E-state index contributed by atoms with van der Waals surface area (Å²) in [6.07, 6.45) is 5.17. The molecule has 1 atom stereocenters. The van der Waals surface area contributed by atoms with Gasteiger partial charge in [-0.3, -0.25) is 4.99 Å². The maximum atomic E-state index is 4.31. The Morgan fingerprint density at radius 2 is 2.12 bits per heavy atom. The van der Waals surface area contributed by atoms with Crippen LogP contribution in [0.2, 0.25) is 0 Å². The second-order valence-electron chi connectivity index (χ2n) is 4.81. The van der Waals surface area contributed by atoms with Gasteiger partial charge in [0.2, 0.25) is 0 Å². The molecule has 0 amide bonds. The molecule has 1 unspecified atom stereocenters. The van der Waals surface area contributed by atoms with E-state index in [0.29, 0.717) is 11.8 Å². The number of hydrogen-bond donors (Lipinski definition) is 0. The summed E-state index contributed by atoms with van der Waals surface area (Å²) in [7, 11) is 0. The van der Waals surface area contributed by atoms with E-state index in [0.717, 1.165) is 6.42 Å². The van der Waals surface area contributed by atoms with Gasteiger partial charge in [-0.05, 0) is 48.3 Å². The molecule has 16 heavy (non-hydrogen) atoms. The molecule has 2 heterocycles. The van der Waals surface area contributed by atoms with Crippen LogP contribution in [0.3, 0.4) is 0 Å². The maximum Gasteiger partial charge on any atom is 0.0265 e. The van der Waals surface area contributed by atoms with Crippen LogP contribution in [0.25, 0.3) is 0 Å². The van der Waals surface area contributed by atoms with Crippen molar-refractivity contribution < 1.29 is 0 Å². The minimum absolute atomic E-state index is 0.566. The van der Waals surface area contributed by atoms with E-state index in [1.54, 1.807) is 0 Å². The highest BCUT2D eigenvalue weighted by atomic mass is 32.1. The molecule has 1 nitrogen and oxygen atoms in total. The van der Waals surface area contributed by atoms with Gasteiger partial charge in [-0.2, -0.15) is 0 Å². The highest BCUT2D eigenvalue weighted by Crippen LogP contribution is 2.39. The summed E-state index contributed by atoms with van der Waals surface area (Å²) in [6.45, 7) is 8.96. The summed E-state index contributed by atoms with van der Waals surface area (Å²) < 4.78 is 0. The lowest BCUT2D eigenvalue weighted by molar-refractivity contribution is 0.660. The van der Waals surface area contributed by atoms with Gasteiger partial charge in [0.1, 0.15) is 0 Å². The van der Waals surface area contributed by atoms with Crippen LogP contribution in [0.1, 0.15) is 42.2 Å². The van der Waals surface area contributed by atoms with Gasteiger partial charge < -0.3 is 0 Å². The van der Waals surface area contributed by atoms with Gasteiger partial charge in [0.25, 0.3) is 0 Å². The first kappa shape index (κ1) is 11.6. The third kappa shape index (κ3) is 1.99. The van der Waals surface area contributed by atoms with Crippen molar-refractivity contribution in [2.45, 2.75) is 40.0 Å². The molecule has 1 aliphatic rings. The standard InChI is InChI=1S/C14H19NS/c1-9(2)13-7-15-6-5-12(13)14-11(4)10(3)8-16-14/h6-9,12H,5H2,1-4H3. The molecule has 0 fully saturated rings. The third-order valence-electron chi connectivity index (χ3n) is 3.38. The van der Waals surface area contributed by atoms with Gasteiger partial charge in [-0.25, -0.2) is 0 Å². The van der Waals surface area contributed by atoms with Crippen molar-refractivity contribution in [1.29, 1.82) is 0 Å². The maximum absolute atomic E-state index is 4.31. The number of thiophene rings is 1. The minimum Gasteiger partial charge on any atom is -0.269 e. The molecule has 0 radical (unpaired) electrons. The zero-order chi connectivity index (χ0) is 11.7. The van der Waals surface area contributed by atoms with Gasteiger partial charge in [0.15, 0.2) is 0 Å². The van der Waals surface area contributed by atoms with Crippen LogP contribution in [-0.4, -0.2) is 6.21 Å². The van der Waals surface area contributed by atoms with Crippen molar-refractivity contribution in [3.8, 4) is 0 Å². The van der Waals surface area contributed by atoms with E-state index in [-0.39, 0.29) is 0 Å². The van der Waals surface area contributed by atoms with E-state index in [1.165, 1.54) is 21.6 Å². The van der Waals surface area contributed by atoms with E-state index < -0.39 is 0 Å². The lowest BCUT2D eigenvalue weighted by atomic mass is 9.85. The molecule has 0 N–H and O–H groups in total. The van der Waals surface area contributed by atoms with Crippen molar-refractivity contribution in [3.63, 3.8) is 0 Å². The predicted molar refractivity (Wildman–Crippen MR) is 72.6 cm³/mol. The van der Waals surface area contributed by atoms with Gasteiger partial charge in [-0.15, -0.1) is 11.3 Å². The summed E-state index contributed by atoms with van der Waals surface area (Å²) in [5, 5.41) is 2.27. The van der Waals surface area contributed by atoms with Crippen molar-refractivity contribution in [3.05, 3.63) is 33.2 Å². The number of rotatable bonds is 2. The molecule has 1 aromatic heterocycles. The topological polar surface area (TPSA) is 12.4 Å². The third-order valence-corrected chi connectivity index (χ3v) is 4.70. The second kappa shape index (κ2) is 4.54. The molecule has 86 valence electrons. The molecular formula is C14H19NS. The summed E-state index contributed by atoms with van der Waals surface area (Å²) in [6, 6.07) is 0. The fourth-order valence-corrected chi connectivity index (χ4v) is 3.42. The van der Waals surface area contributed by atoms with E-state index >= 15 is 0 Å². The fourth-order valence-electron chi connectivity index (χ4n) is 2.21. The predicted octanol–water partition coefficient (Wildman–Crippen LogP) is 4.46. The lowest BCUT2D eigenvalue weighted by Gasteiger charge is -2.23. The van der Waals surface area contributed by atoms with Crippen LogP contribution in [0.4, 0.5) is 0 Å². The van der Waals surface area contributed by atoms with Crippen LogP contribution in [0.15, 0.2) is 22.1 Å². The molecule has 1 aromatic rings. The zero-order valence-corrected chi connectivity index (χ0v) is 11.3.